The van der Waals surface area contributed by atoms with E-state index in [1.807, 2.05) is 0 Å². The van der Waals surface area contributed by atoms with Gasteiger partial charge < -0.3 is 29.8 Å². The molecule has 13 heteroatoms. The molecule has 0 radical (unpaired) electrons. The number of anilines is 2. The van der Waals surface area contributed by atoms with Gasteiger partial charge in [-0.2, -0.15) is 4.39 Å². The summed E-state index contributed by atoms with van der Waals surface area (Å²) in [5.41, 5.74) is 1.71. The number of ether oxygens (including phenoxy) is 1. The number of imidazole rings is 1. The van der Waals surface area contributed by atoms with Crippen LogP contribution in [0.5, 0.6) is 5.75 Å². The fourth-order valence-electron chi connectivity index (χ4n) is 3.86. The van der Waals surface area contributed by atoms with Gasteiger partial charge in [-0.1, -0.05) is 11.6 Å². The molecule has 1 amide bonds. The summed E-state index contributed by atoms with van der Waals surface area (Å²) in [5.74, 6) is -2.17. The molecule has 0 atom stereocenters. The van der Waals surface area contributed by atoms with Crippen molar-refractivity contribution in [3.05, 3.63) is 71.1 Å². The summed E-state index contributed by atoms with van der Waals surface area (Å²) in [6.07, 6.45) is 5.40. The Kier molecular flexibility index (Phi) is 9.97. The van der Waals surface area contributed by atoms with Gasteiger partial charge in [-0.25, -0.2) is 14.4 Å². The smallest absolute Gasteiger partial charge is 0.252 e. The van der Waals surface area contributed by atoms with Crippen molar-refractivity contribution in [2.24, 2.45) is 0 Å². The summed E-state index contributed by atoms with van der Waals surface area (Å²) >= 11 is 6.40. The molecule has 2 aromatic heterocycles. The Morgan fingerprint density at radius 2 is 1.90 bits per heavy atom. The number of carbonyl (C=O) groups excluding carboxylic acids is 2. The quantitative estimate of drug-likeness (QED) is 0.179. The monoisotopic (exact) mass is 574 g/mol. The van der Waals surface area contributed by atoms with Crippen LogP contribution in [-0.2, 0) is 4.79 Å². The van der Waals surface area contributed by atoms with Crippen molar-refractivity contribution in [3.63, 3.8) is 0 Å². The van der Waals surface area contributed by atoms with Crippen molar-refractivity contribution >= 4 is 41.1 Å². The summed E-state index contributed by atoms with van der Waals surface area (Å²) in [4.78, 5) is 29.5. The maximum Gasteiger partial charge on any atom is 0.252 e. The lowest BCUT2D eigenvalue weighted by atomic mass is 10.1. The van der Waals surface area contributed by atoms with E-state index < -0.39 is 18.1 Å². The predicted octanol–water partition coefficient (Wildman–Crippen LogP) is 3.27. The second-order valence-electron chi connectivity index (χ2n) is 9.60. The predicted molar refractivity (Wildman–Crippen MR) is 146 cm³/mol. The second kappa shape index (κ2) is 13.2. The number of methoxy groups -OCH3 is 1. The first-order valence-corrected chi connectivity index (χ1v) is 12.4. The molecule has 0 aliphatic carbocycles. The highest BCUT2D eigenvalue weighted by Crippen LogP contribution is 2.32. The number of nitrogens with zero attached hydrogens (tertiary/aromatic N) is 4. The number of hydrogen-bond acceptors (Lipinski definition) is 7. The highest BCUT2D eigenvalue weighted by Gasteiger charge is 2.19. The van der Waals surface area contributed by atoms with Crippen molar-refractivity contribution in [2.75, 3.05) is 46.7 Å². The SMILES string of the molecule is COc1ccc(-c2cnc3c(Nc4ccc(C(=O)NCCC[N+](C)(C)C)c(Cl)c4)nccn23)c(F)c1F.O=C[O-]. The Morgan fingerprint density at radius 1 is 1.18 bits per heavy atom. The number of benzene rings is 2. The number of carbonyl (C=O) groups is 2. The molecule has 0 aliphatic rings. The molecule has 0 unspecified atom stereocenters. The molecule has 40 heavy (non-hydrogen) atoms. The highest BCUT2D eigenvalue weighted by atomic mass is 35.5. The van der Waals surface area contributed by atoms with E-state index in [-0.39, 0.29) is 22.2 Å². The third-order valence-electron chi connectivity index (χ3n) is 5.74. The number of fused-ring (bicyclic) bond motifs is 1. The van der Waals surface area contributed by atoms with Crippen LogP contribution >= 0.6 is 11.6 Å². The first-order chi connectivity index (χ1) is 19.0. The standard InChI is InChI=1S/C26H27ClF2N6O2.CH2O2/c1-35(2,3)13-5-10-31-26(36)17-7-6-16(14-19(17)27)33-24-25-32-15-20(34(25)12-11-30-24)18-8-9-21(37-4)23(29)22(18)28;2-1-3/h6-9,11-12,14-15H,5,10,13H2,1-4H3,(H-,30,31,33,36);1H,(H,2,3). The molecule has 0 spiro atoms. The Bertz CT molecular complexity index is 1510. The molecule has 2 aromatic carbocycles. The van der Waals surface area contributed by atoms with Crippen LogP contribution in [0.3, 0.4) is 0 Å². The molecule has 212 valence electrons. The minimum atomic E-state index is -1.07. The zero-order valence-electron chi connectivity index (χ0n) is 22.4. The average molecular weight is 575 g/mol. The number of nitrogens with one attached hydrogen (secondary N) is 2. The van der Waals surface area contributed by atoms with Crippen molar-refractivity contribution in [1.82, 2.24) is 19.7 Å². The lowest BCUT2D eigenvalue weighted by molar-refractivity contribution is -0.870. The van der Waals surface area contributed by atoms with E-state index in [4.69, 9.17) is 26.2 Å². The normalized spacial score (nSPS) is 11.0. The zero-order chi connectivity index (χ0) is 29.4. The van der Waals surface area contributed by atoms with E-state index >= 15 is 0 Å². The number of hydrogen-bond donors (Lipinski definition) is 2. The van der Waals surface area contributed by atoms with Gasteiger partial charge in [0.2, 0.25) is 5.82 Å². The van der Waals surface area contributed by atoms with E-state index in [0.29, 0.717) is 35.0 Å². The summed E-state index contributed by atoms with van der Waals surface area (Å²) in [7, 11) is 7.57. The minimum Gasteiger partial charge on any atom is -0.554 e. The Morgan fingerprint density at radius 3 is 2.55 bits per heavy atom. The average Bonchev–Trinajstić information content (AvgIpc) is 3.33. The lowest BCUT2D eigenvalue weighted by Gasteiger charge is -2.23. The first kappa shape index (κ1) is 30.3. The summed E-state index contributed by atoms with van der Waals surface area (Å²) in [6.45, 7) is 0.989. The molecule has 10 nitrogen and oxygen atoms in total. The van der Waals surface area contributed by atoms with Gasteiger partial charge in [-0.15, -0.1) is 0 Å². The van der Waals surface area contributed by atoms with Crippen molar-refractivity contribution in [2.45, 2.75) is 6.42 Å². The zero-order valence-corrected chi connectivity index (χ0v) is 23.1. The van der Waals surface area contributed by atoms with Gasteiger partial charge in [-0.3, -0.25) is 9.20 Å². The molecular formula is C27H29ClF2N6O4. The van der Waals surface area contributed by atoms with Gasteiger partial charge in [0.25, 0.3) is 5.91 Å². The van der Waals surface area contributed by atoms with Crippen LogP contribution in [-0.4, -0.2) is 72.6 Å². The van der Waals surface area contributed by atoms with Crippen LogP contribution in [0, 0.1) is 11.6 Å². The topological polar surface area (TPSA) is 121 Å². The number of aromatic nitrogens is 3. The highest BCUT2D eigenvalue weighted by molar-refractivity contribution is 6.34. The van der Waals surface area contributed by atoms with E-state index in [1.165, 1.54) is 31.6 Å². The third-order valence-corrected chi connectivity index (χ3v) is 6.05. The van der Waals surface area contributed by atoms with Crippen molar-refractivity contribution in [3.8, 4) is 17.0 Å². The van der Waals surface area contributed by atoms with Gasteiger partial charge in [0.15, 0.2) is 23.0 Å². The summed E-state index contributed by atoms with van der Waals surface area (Å²) in [6, 6.07) is 7.75. The van der Waals surface area contributed by atoms with Crippen LogP contribution in [0.4, 0.5) is 20.3 Å². The molecule has 4 rings (SSSR count). The Hall–Kier alpha value is -4.29. The molecule has 0 fully saturated rings. The molecule has 2 heterocycles. The van der Waals surface area contributed by atoms with E-state index in [9.17, 15) is 13.6 Å². The van der Waals surface area contributed by atoms with Gasteiger partial charge in [0.1, 0.15) is 0 Å². The van der Waals surface area contributed by atoms with Gasteiger partial charge in [-0.05, 0) is 30.3 Å². The molecule has 0 bridgehead atoms. The molecular weight excluding hydrogens is 546 g/mol. The second-order valence-corrected chi connectivity index (χ2v) is 10.0. The fraction of sp³-hybridized carbons (Fsp3) is 0.259. The van der Waals surface area contributed by atoms with Crippen molar-refractivity contribution < 1.29 is 32.7 Å². The van der Waals surface area contributed by atoms with Gasteiger partial charge >= 0.3 is 0 Å². The number of amides is 1. The summed E-state index contributed by atoms with van der Waals surface area (Å²) in [5, 5.41) is 14.6. The molecule has 4 aromatic rings. The Labute approximate surface area is 234 Å². The van der Waals surface area contributed by atoms with E-state index in [0.717, 1.165) is 17.4 Å². The van der Waals surface area contributed by atoms with E-state index in [1.54, 1.807) is 28.8 Å². The van der Waals surface area contributed by atoms with E-state index in [2.05, 4.69) is 41.7 Å². The third kappa shape index (κ3) is 7.21. The molecule has 2 N–H and O–H groups in total. The summed E-state index contributed by atoms with van der Waals surface area (Å²) < 4.78 is 36.3. The van der Waals surface area contributed by atoms with Crippen LogP contribution in [0.15, 0.2) is 48.9 Å². The Balaban J connectivity index is 0.00000141. The molecule has 0 aliphatic heterocycles. The van der Waals surface area contributed by atoms with Crippen LogP contribution < -0.4 is 20.5 Å². The number of quaternary nitrogens is 1. The first-order valence-electron chi connectivity index (χ1n) is 12.1. The molecule has 0 saturated carbocycles. The maximum absolute atomic E-state index is 14.7. The van der Waals surface area contributed by atoms with Gasteiger partial charge in [0, 0.05) is 43.1 Å². The number of carboxylic acid groups (broad SMARTS) is 1. The largest absolute Gasteiger partial charge is 0.554 e. The number of rotatable bonds is 9. The van der Waals surface area contributed by atoms with Crippen LogP contribution in [0.2, 0.25) is 5.02 Å². The minimum absolute atomic E-state index is 0.0304. The number of halogens is 3. The van der Waals surface area contributed by atoms with Crippen LogP contribution in [0.25, 0.3) is 16.9 Å². The van der Waals surface area contributed by atoms with Gasteiger partial charge in [0.05, 0.1) is 57.3 Å². The van der Waals surface area contributed by atoms with Crippen molar-refractivity contribution in [1.29, 1.82) is 0 Å². The fourth-order valence-corrected chi connectivity index (χ4v) is 4.12. The molecule has 0 saturated heterocycles. The van der Waals surface area contributed by atoms with Crippen LogP contribution in [0.1, 0.15) is 16.8 Å². The maximum atomic E-state index is 14.7. The lowest BCUT2D eigenvalue weighted by Crippen LogP contribution is -2.37.